The maximum Gasteiger partial charge on any atom is 0.142 e. The fraction of sp³-hybridized carbons (Fsp3) is 0.500. The first kappa shape index (κ1) is 11.9. The third-order valence-corrected chi connectivity index (χ3v) is 2.42. The first-order valence-electron chi connectivity index (χ1n) is 5.28. The third kappa shape index (κ3) is 3.44. The number of hydrogen-bond donors (Lipinski definition) is 1. The largest absolute Gasteiger partial charge is 0.495 e. The maximum absolute atomic E-state index is 5.32. The zero-order chi connectivity index (χ0) is 11.1. The highest BCUT2D eigenvalue weighted by Crippen LogP contribution is 2.26. The van der Waals surface area contributed by atoms with Crippen LogP contribution < -0.4 is 15.0 Å². The summed E-state index contributed by atoms with van der Waals surface area (Å²) in [5, 5.41) is 3.15. The van der Waals surface area contributed by atoms with Crippen LogP contribution in [0.2, 0.25) is 0 Å². The van der Waals surface area contributed by atoms with Gasteiger partial charge in [-0.2, -0.15) is 0 Å². The molecule has 0 radical (unpaired) electrons. The number of ether oxygens (including phenoxy) is 1. The number of benzene rings is 1. The average molecular weight is 208 g/mol. The van der Waals surface area contributed by atoms with Crippen LogP contribution in [0.3, 0.4) is 0 Å². The van der Waals surface area contributed by atoms with Gasteiger partial charge in [-0.25, -0.2) is 0 Å². The Balaban J connectivity index is 2.59. The van der Waals surface area contributed by atoms with Crippen LogP contribution in [-0.2, 0) is 0 Å². The molecule has 0 aliphatic rings. The summed E-state index contributed by atoms with van der Waals surface area (Å²) in [6.07, 6.45) is 1.13. The fourth-order valence-corrected chi connectivity index (χ4v) is 1.56. The molecule has 0 aliphatic heterocycles. The molecule has 1 rings (SSSR count). The average Bonchev–Trinajstić information content (AvgIpc) is 2.29. The minimum atomic E-state index is 0.935. The van der Waals surface area contributed by atoms with Crippen LogP contribution in [0.25, 0.3) is 0 Å². The number of hydrogen-bond acceptors (Lipinski definition) is 3. The van der Waals surface area contributed by atoms with Gasteiger partial charge in [0.2, 0.25) is 0 Å². The van der Waals surface area contributed by atoms with Crippen molar-refractivity contribution in [2.75, 3.05) is 39.2 Å². The molecule has 84 valence electrons. The van der Waals surface area contributed by atoms with Crippen LogP contribution in [0, 0.1) is 0 Å². The van der Waals surface area contributed by atoms with E-state index in [-0.39, 0.29) is 0 Å². The lowest BCUT2D eigenvalue weighted by molar-refractivity contribution is 0.414. The molecule has 0 aliphatic carbocycles. The Kier molecular flexibility index (Phi) is 4.98. The minimum absolute atomic E-state index is 0.935. The molecular formula is C12H20N2O. The Morgan fingerprint density at radius 2 is 2.07 bits per heavy atom. The summed E-state index contributed by atoms with van der Waals surface area (Å²) in [4.78, 5) is 2.22. The van der Waals surface area contributed by atoms with Gasteiger partial charge in [-0.05, 0) is 32.1 Å². The van der Waals surface area contributed by atoms with Crippen molar-refractivity contribution < 1.29 is 4.74 Å². The first-order valence-corrected chi connectivity index (χ1v) is 5.28. The second-order valence-electron chi connectivity index (χ2n) is 3.55. The summed E-state index contributed by atoms with van der Waals surface area (Å²) in [6.45, 7) is 2.07. The lowest BCUT2D eigenvalue weighted by Gasteiger charge is -2.21. The van der Waals surface area contributed by atoms with Crippen LogP contribution in [-0.4, -0.2) is 34.3 Å². The molecule has 0 unspecified atom stereocenters. The van der Waals surface area contributed by atoms with Gasteiger partial charge in [-0.1, -0.05) is 12.1 Å². The summed E-state index contributed by atoms with van der Waals surface area (Å²) in [7, 11) is 5.77. The standard InChI is InChI=1S/C12H20N2O/c1-13-9-6-10-14(2)11-7-4-5-8-12(11)15-3/h4-5,7-8,13H,6,9-10H2,1-3H3. The van der Waals surface area contributed by atoms with Crippen molar-refractivity contribution >= 4 is 5.69 Å². The molecule has 0 fully saturated rings. The molecule has 3 heteroatoms. The Morgan fingerprint density at radius 1 is 1.33 bits per heavy atom. The quantitative estimate of drug-likeness (QED) is 0.721. The smallest absolute Gasteiger partial charge is 0.142 e. The molecule has 1 aromatic carbocycles. The topological polar surface area (TPSA) is 24.5 Å². The summed E-state index contributed by atoms with van der Waals surface area (Å²) in [5.74, 6) is 0.935. The maximum atomic E-state index is 5.32. The van der Waals surface area contributed by atoms with Gasteiger partial charge in [0.25, 0.3) is 0 Å². The van der Waals surface area contributed by atoms with E-state index in [2.05, 4.69) is 23.3 Å². The Morgan fingerprint density at radius 3 is 2.73 bits per heavy atom. The minimum Gasteiger partial charge on any atom is -0.495 e. The lowest BCUT2D eigenvalue weighted by Crippen LogP contribution is -2.22. The summed E-state index contributed by atoms with van der Waals surface area (Å²) >= 11 is 0. The molecule has 0 amide bonds. The number of anilines is 1. The Bertz CT molecular complexity index is 289. The molecule has 0 aromatic heterocycles. The van der Waals surface area contributed by atoms with E-state index in [0.29, 0.717) is 0 Å². The van der Waals surface area contributed by atoms with Gasteiger partial charge in [0.05, 0.1) is 12.8 Å². The molecular weight excluding hydrogens is 188 g/mol. The normalized spacial score (nSPS) is 10.1. The van der Waals surface area contributed by atoms with Crippen LogP contribution >= 0.6 is 0 Å². The van der Waals surface area contributed by atoms with E-state index in [0.717, 1.165) is 30.9 Å². The molecule has 0 bridgehead atoms. The van der Waals surface area contributed by atoms with Gasteiger partial charge in [0.1, 0.15) is 5.75 Å². The van der Waals surface area contributed by atoms with E-state index in [4.69, 9.17) is 4.74 Å². The van der Waals surface area contributed by atoms with Crippen molar-refractivity contribution in [3.63, 3.8) is 0 Å². The van der Waals surface area contributed by atoms with Crippen molar-refractivity contribution in [3.05, 3.63) is 24.3 Å². The monoisotopic (exact) mass is 208 g/mol. The molecule has 1 aromatic rings. The zero-order valence-corrected chi connectivity index (χ0v) is 9.79. The number of nitrogens with one attached hydrogen (secondary N) is 1. The Hall–Kier alpha value is -1.22. The number of rotatable bonds is 6. The van der Waals surface area contributed by atoms with E-state index in [1.165, 1.54) is 0 Å². The highest BCUT2D eigenvalue weighted by Gasteiger charge is 2.05. The summed E-state index contributed by atoms with van der Waals surface area (Å²) in [6, 6.07) is 8.10. The second kappa shape index (κ2) is 6.30. The summed E-state index contributed by atoms with van der Waals surface area (Å²) < 4.78 is 5.32. The molecule has 0 atom stereocenters. The predicted molar refractivity (Wildman–Crippen MR) is 64.8 cm³/mol. The van der Waals surface area contributed by atoms with E-state index in [9.17, 15) is 0 Å². The number of nitrogens with zero attached hydrogens (tertiary/aromatic N) is 1. The van der Waals surface area contributed by atoms with E-state index < -0.39 is 0 Å². The third-order valence-electron chi connectivity index (χ3n) is 2.42. The number of para-hydroxylation sites is 2. The van der Waals surface area contributed by atoms with E-state index >= 15 is 0 Å². The van der Waals surface area contributed by atoms with Gasteiger partial charge in [-0.15, -0.1) is 0 Å². The van der Waals surface area contributed by atoms with Gasteiger partial charge in [0.15, 0.2) is 0 Å². The lowest BCUT2D eigenvalue weighted by atomic mass is 10.2. The van der Waals surface area contributed by atoms with Crippen molar-refractivity contribution in [1.29, 1.82) is 0 Å². The highest BCUT2D eigenvalue weighted by molar-refractivity contribution is 5.57. The molecule has 0 saturated heterocycles. The predicted octanol–water partition coefficient (Wildman–Crippen LogP) is 1.74. The van der Waals surface area contributed by atoms with Crippen LogP contribution in [0.5, 0.6) is 5.75 Å². The van der Waals surface area contributed by atoms with E-state index in [1.54, 1.807) is 7.11 Å². The van der Waals surface area contributed by atoms with Crippen LogP contribution in [0.15, 0.2) is 24.3 Å². The van der Waals surface area contributed by atoms with Crippen LogP contribution in [0.1, 0.15) is 6.42 Å². The van der Waals surface area contributed by atoms with E-state index in [1.807, 2.05) is 25.2 Å². The number of methoxy groups -OCH3 is 1. The SMILES string of the molecule is CNCCCN(C)c1ccccc1OC. The summed E-state index contributed by atoms with van der Waals surface area (Å²) in [5.41, 5.74) is 1.15. The molecule has 1 N–H and O–H groups in total. The molecule has 0 saturated carbocycles. The Labute approximate surface area is 92.0 Å². The van der Waals surface area contributed by atoms with Crippen LogP contribution in [0.4, 0.5) is 5.69 Å². The fourth-order valence-electron chi connectivity index (χ4n) is 1.56. The van der Waals surface area contributed by atoms with Gasteiger partial charge < -0.3 is 15.0 Å². The van der Waals surface area contributed by atoms with Crippen molar-refractivity contribution in [3.8, 4) is 5.75 Å². The van der Waals surface area contributed by atoms with Gasteiger partial charge in [-0.3, -0.25) is 0 Å². The van der Waals surface area contributed by atoms with Crippen molar-refractivity contribution in [1.82, 2.24) is 5.32 Å². The molecule has 0 heterocycles. The first-order chi connectivity index (χ1) is 7.29. The zero-order valence-electron chi connectivity index (χ0n) is 9.79. The second-order valence-corrected chi connectivity index (χ2v) is 3.55. The molecule has 3 nitrogen and oxygen atoms in total. The van der Waals surface area contributed by atoms with Gasteiger partial charge in [0, 0.05) is 13.6 Å². The molecule has 0 spiro atoms. The van der Waals surface area contributed by atoms with Gasteiger partial charge >= 0.3 is 0 Å². The van der Waals surface area contributed by atoms with Crippen molar-refractivity contribution in [2.45, 2.75) is 6.42 Å². The highest BCUT2D eigenvalue weighted by atomic mass is 16.5. The molecule has 15 heavy (non-hydrogen) atoms. The van der Waals surface area contributed by atoms with Crippen molar-refractivity contribution in [2.24, 2.45) is 0 Å².